The van der Waals surface area contributed by atoms with Gasteiger partial charge in [-0.1, -0.05) is 24.3 Å². The van der Waals surface area contributed by atoms with E-state index in [1.54, 1.807) is 0 Å². The largest absolute Gasteiger partial charge is 0.369 e. The third kappa shape index (κ3) is 3.50. The average Bonchev–Trinajstić information content (AvgIpc) is 2.67. The van der Waals surface area contributed by atoms with E-state index in [1.165, 1.54) is 5.69 Å². The lowest BCUT2D eigenvalue weighted by Crippen LogP contribution is -2.46. The third-order valence-electron chi connectivity index (χ3n) is 5.64. The van der Waals surface area contributed by atoms with Crippen LogP contribution in [0.5, 0.6) is 0 Å². The van der Waals surface area contributed by atoms with E-state index in [0.717, 1.165) is 59.5 Å². The number of nitrogens with zero attached hydrogens (tertiary/aromatic N) is 2. The Bertz CT molecular complexity index is 1020. The maximum Gasteiger partial charge on any atom is 0.194 e. The van der Waals surface area contributed by atoms with Crippen molar-refractivity contribution in [2.24, 2.45) is 0 Å². The molecular weight excluding hydrogens is 334 g/mol. The molecule has 4 nitrogen and oxygen atoms in total. The van der Waals surface area contributed by atoms with Crippen molar-refractivity contribution in [3.8, 4) is 0 Å². The second-order valence-electron chi connectivity index (χ2n) is 7.66. The highest BCUT2D eigenvalue weighted by molar-refractivity contribution is 5.83. The summed E-state index contributed by atoms with van der Waals surface area (Å²) in [6, 6.07) is 14.7. The van der Waals surface area contributed by atoms with Crippen molar-refractivity contribution in [1.29, 1.82) is 0 Å². The van der Waals surface area contributed by atoms with Gasteiger partial charge in [0.1, 0.15) is 0 Å². The summed E-state index contributed by atoms with van der Waals surface area (Å²) in [5.41, 5.74) is 6.60. The molecule has 140 valence electrons. The quantitative estimate of drug-likeness (QED) is 0.772. The Morgan fingerprint density at radius 1 is 0.963 bits per heavy atom. The van der Waals surface area contributed by atoms with E-state index >= 15 is 0 Å². The van der Waals surface area contributed by atoms with E-state index in [4.69, 9.17) is 0 Å². The molecule has 0 amide bonds. The molecule has 3 aromatic rings. The van der Waals surface area contributed by atoms with Crippen LogP contribution in [-0.4, -0.2) is 36.1 Å². The van der Waals surface area contributed by atoms with Crippen LogP contribution >= 0.6 is 0 Å². The predicted molar refractivity (Wildman–Crippen MR) is 113 cm³/mol. The average molecular weight is 361 g/mol. The maximum absolute atomic E-state index is 13.2. The number of aromatic nitrogens is 1. The van der Waals surface area contributed by atoms with Gasteiger partial charge in [-0.25, -0.2) is 0 Å². The number of para-hydroxylation sites is 1. The van der Waals surface area contributed by atoms with Crippen molar-refractivity contribution in [2.45, 2.75) is 27.3 Å². The summed E-state index contributed by atoms with van der Waals surface area (Å²) in [6.07, 6.45) is 0. The molecule has 1 fully saturated rings. The Balaban J connectivity index is 1.55. The molecule has 0 atom stereocenters. The minimum absolute atomic E-state index is 0.179. The number of hydrogen-bond acceptors (Lipinski definition) is 3. The number of benzene rings is 2. The zero-order valence-corrected chi connectivity index (χ0v) is 16.4. The Morgan fingerprint density at radius 2 is 1.67 bits per heavy atom. The summed E-state index contributed by atoms with van der Waals surface area (Å²) in [5, 5.41) is 0.816. The van der Waals surface area contributed by atoms with Crippen LogP contribution in [-0.2, 0) is 6.54 Å². The molecule has 0 bridgehead atoms. The van der Waals surface area contributed by atoms with Crippen molar-refractivity contribution in [3.63, 3.8) is 0 Å². The fourth-order valence-corrected chi connectivity index (χ4v) is 4.13. The number of hydrogen-bond donors (Lipinski definition) is 1. The number of aromatic amines is 1. The number of aryl methyl sites for hydroxylation is 3. The Labute approximate surface area is 160 Å². The molecule has 0 unspecified atom stereocenters. The van der Waals surface area contributed by atoms with Gasteiger partial charge in [0.25, 0.3) is 0 Å². The van der Waals surface area contributed by atoms with Crippen molar-refractivity contribution in [1.82, 2.24) is 9.88 Å². The predicted octanol–water partition coefficient (Wildman–Crippen LogP) is 3.78. The Kier molecular flexibility index (Phi) is 4.75. The fraction of sp³-hybridized carbons (Fsp3) is 0.348. The molecule has 4 rings (SSSR count). The van der Waals surface area contributed by atoms with Crippen molar-refractivity contribution in [3.05, 3.63) is 75.1 Å². The molecule has 1 saturated heterocycles. The van der Waals surface area contributed by atoms with Gasteiger partial charge in [0.05, 0.1) is 5.52 Å². The topological polar surface area (TPSA) is 39.3 Å². The van der Waals surface area contributed by atoms with E-state index in [0.29, 0.717) is 6.54 Å². The number of H-pyrrole nitrogens is 1. The van der Waals surface area contributed by atoms with Gasteiger partial charge in [0.15, 0.2) is 5.43 Å². The van der Waals surface area contributed by atoms with Gasteiger partial charge in [-0.3, -0.25) is 9.69 Å². The molecule has 1 aromatic heterocycles. The zero-order valence-electron chi connectivity index (χ0n) is 16.4. The van der Waals surface area contributed by atoms with Crippen LogP contribution in [0, 0.1) is 20.8 Å². The summed E-state index contributed by atoms with van der Waals surface area (Å²) in [5.74, 6) is 0. The molecule has 1 aliphatic heterocycles. The van der Waals surface area contributed by atoms with Crippen LogP contribution in [0.2, 0.25) is 0 Å². The number of anilines is 1. The maximum atomic E-state index is 13.2. The lowest BCUT2D eigenvalue weighted by molar-refractivity contribution is 0.248. The van der Waals surface area contributed by atoms with Crippen LogP contribution in [0.25, 0.3) is 10.9 Å². The van der Waals surface area contributed by atoms with Gasteiger partial charge in [0.2, 0.25) is 0 Å². The van der Waals surface area contributed by atoms with Crippen LogP contribution in [0.15, 0.2) is 47.3 Å². The highest BCUT2D eigenvalue weighted by atomic mass is 16.1. The number of fused-ring (bicyclic) bond motifs is 1. The highest BCUT2D eigenvalue weighted by Crippen LogP contribution is 2.20. The lowest BCUT2D eigenvalue weighted by atomic mass is 10.0. The molecule has 27 heavy (non-hydrogen) atoms. The summed E-state index contributed by atoms with van der Waals surface area (Å²) >= 11 is 0. The summed E-state index contributed by atoms with van der Waals surface area (Å²) in [4.78, 5) is 21.4. The SMILES string of the molecule is Cc1cc(C)c2[nH]c(C)c(CN3CCN(c4ccccc4)CC3)c(=O)c2c1. The first-order valence-electron chi connectivity index (χ1n) is 9.68. The number of piperazine rings is 1. The van der Waals surface area contributed by atoms with Gasteiger partial charge >= 0.3 is 0 Å². The molecule has 0 radical (unpaired) electrons. The normalized spacial score (nSPS) is 15.4. The van der Waals surface area contributed by atoms with Crippen LogP contribution < -0.4 is 10.3 Å². The van der Waals surface area contributed by atoms with E-state index < -0.39 is 0 Å². The van der Waals surface area contributed by atoms with E-state index in [-0.39, 0.29) is 5.43 Å². The van der Waals surface area contributed by atoms with Crippen molar-refractivity contribution in [2.75, 3.05) is 31.1 Å². The van der Waals surface area contributed by atoms with E-state index in [2.05, 4.69) is 58.1 Å². The Hall–Kier alpha value is -2.59. The highest BCUT2D eigenvalue weighted by Gasteiger charge is 2.20. The summed E-state index contributed by atoms with van der Waals surface area (Å²) in [7, 11) is 0. The zero-order chi connectivity index (χ0) is 19.0. The fourth-order valence-electron chi connectivity index (χ4n) is 4.13. The van der Waals surface area contributed by atoms with Crippen LogP contribution in [0.3, 0.4) is 0 Å². The molecule has 4 heteroatoms. The number of pyridine rings is 1. The van der Waals surface area contributed by atoms with Gasteiger partial charge in [0, 0.05) is 55.1 Å². The molecule has 0 spiro atoms. The molecule has 0 aliphatic carbocycles. The molecule has 2 heterocycles. The first-order chi connectivity index (χ1) is 13.0. The first kappa shape index (κ1) is 17.8. The van der Waals surface area contributed by atoms with E-state index in [9.17, 15) is 4.79 Å². The Morgan fingerprint density at radius 3 is 2.37 bits per heavy atom. The van der Waals surface area contributed by atoms with E-state index in [1.807, 2.05) is 19.9 Å². The van der Waals surface area contributed by atoms with Crippen molar-refractivity contribution >= 4 is 16.6 Å². The smallest absolute Gasteiger partial charge is 0.194 e. The number of nitrogens with one attached hydrogen (secondary N) is 1. The van der Waals surface area contributed by atoms with Crippen LogP contribution in [0.1, 0.15) is 22.4 Å². The lowest BCUT2D eigenvalue weighted by Gasteiger charge is -2.36. The summed E-state index contributed by atoms with van der Waals surface area (Å²) < 4.78 is 0. The van der Waals surface area contributed by atoms with Crippen molar-refractivity contribution < 1.29 is 0 Å². The molecule has 1 aliphatic rings. The van der Waals surface area contributed by atoms with Gasteiger partial charge in [-0.05, 0) is 50.1 Å². The molecule has 0 saturated carbocycles. The standard InChI is InChI=1S/C23H27N3O/c1-16-13-17(2)22-20(14-16)23(27)21(18(3)24-22)15-25-9-11-26(12-10-25)19-7-5-4-6-8-19/h4-8,13-14H,9-12,15H2,1-3H3,(H,24,27). The second-order valence-corrected chi connectivity index (χ2v) is 7.66. The molecule has 2 aromatic carbocycles. The first-order valence-corrected chi connectivity index (χ1v) is 9.68. The minimum Gasteiger partial charge on any atom is -0.369 e. The third-order valence-corrected chi connectivity index (χ3v) is 5.64. The monoisotopic (exact) mass is 361 g/mol. The van der Waals surface area contributed by atoms with Crippen LogP contribution in [0.4, 0.5) is 5.69 Å². The molecule has 1 N–H and O–H groups in total. The molecular formula is C23H27N3O. The van der Waals surface area contributed by atoms with Gasteiger partial charge < -0.3 is 9.88 Å². The second kappa shape index (κ2) is 7.20. The number of rotatable bonds is 3. The summed E-state index contributed by atoms with van der Waals surface area (Å²) in [6.45, 7) is 10.8. The van der Waals surface area contributed by atoms with Gasteiger partial charge in [-0.15, -0.1) is 0 Å². The minimum atomic E-state index is 0.179. The van der Waals surface area contributed by atoms with Gasteiger partial charge in [-0.2, -0.15) is 0 Å².